The van der Waals surface area contributed by atoms with Crippen LogP contribution in [0.25, 0.3) is 0 Å². The molecule has 0 heterocycles. The molecular formula is C8H10O4. The summed E-state index contributed by atoms with van der Waals surface area (Å²) < 4.78 is 0. The van der Waals surface area contributed by atoms with Gasteiger partial charge in [-0.3, -0.25) is 4.79 Å². The second-order valence-electron chi connectivity index (χ2n) is 2.16. The molecule has 0 fully saturated rings. The average Bonchev–Trinajstić information content (AvgIpc) is 1.96. The third-order valence-corrected chi connectivity index (χ3v) is 1.25. The lowest BCUT2D eigenvalue weighted by Crippen LogP contribution is -2.09. The van der Waals surface area contributed by atoms with Crippen LogP contribution in [-0.2, 0) is 9.59 Å². The topological polar surface area (TPSA) is 74.6 Å². The SMILES string of the molecule is C=CC(C/C=C/C(=O)O)C(=O)O. The summed E-state index contributed by atoms with van der Waals surface area (Å²) in [4.78, 5) is 20.3. The molecule has 0 saturated carbocycles. The van der Waals surface area contributed by atoms with Crippen molar-refractivity contribution in [2.24, 2.45) is 5.92 Å². The Morgan fingerprint density at radius 2 is 2.00 bits per heavy atom. The van der Waals surface area contributed by atoms with E-state index in [2.05, 4.69) is 6.58 Å². The molecule has 1 unspecified atom stereocenters. The van der Waals surface area contributed by atoms with E-state index < -0.39 is 17.9 Å². The van der Waals surface area contributed by atoms with Crippen LogP contribution in [-0.4, -0.2) is 22.2 Å². The maximum Gasteiger partial charge on any atom is 0.327 e. The minimum atomic E-state index is -1.08. The van der Waals surface area contributed by atoms with E-state index >= 15 is 0 Å². The van der Waals surface area contributed by atoms with E-state index in [1.165, 1.54) is 12.2 Å². The van der Waals surface area contributed by atoms with Crippen molar-refractivity contribution in [3.05, 3.63) is 24.8 Å². The van der Waals surface area contributed by atoms with E-state index in [9.17, 15) is 9.59 Å². The first kappa shape index (κ1) is 10.4. The maximum absolute atomic E-state index is 10.4. The van der Waals surface area contributed by atoms with E-state index in [1.807, 2.05) is 0 Å². The van der Waals surface area contributed by atoms with Crippen molar-refractivity contribution in [3.8, 4) is 0 Å². The highest BCUT2D eigenvalue weighted by atomic mass is 16.4. The van der Waals surface area contributed by atoms with Gasteiger partial charge in [-0.05, 0) is 6.42 Å². The highest BCUT2D eigenvalue weighted by Gasteiger charge is 2.10. The Hall–Kier alpha value is -1.58. The van der Waals surface area contributed by atoms with Gasteiger partial charge >= 0.3 is 11.9 Å². The van der Waals surface area contributed by atoms with Crippen molar-refractivity contribution >= 4 is 11.9 Å². The molecule has 0 aromatic heterocycles. The normalized spacial score (nSPS) is 12.7. The van der Waals surface area contributed by atoms with Gasteiger partial charge in [-0.15, -0.1) is 6.58 Å². The molecule has 0 rings (SSSR count). The molecule has 0 saturated heterocycles. The number of hydrogen-bond donors (Lipinski definition) is 2. The van der Waals surface area contributed by atoms with Crippen LogP contribution in [0, 0.1) is 5.92 Å². The van der Waals surface area contributed by atoms with Gasteiger partial charge < -0.3 is 10.2 Å². The molecule has 4 nitrogen and oxygen atoms in total. The first-order chi connectivity index (χ1) is 5.57. The minimum Gasteiger partial charge on any atom is -0.481 e. The fraction of sp³-hybridized carbons (Fsp3) is 0.250. The van der Waals surface area contributed by atoms with Crippen LogP contribution in [0.2, 0.25) is 0 Å². The van der Waals surface area contributed by atoms with Crippen molar-refractivity contribution in [2.45, 2.75) is 6.42 Å². The fourth-order valence-corrected chi connectivity index (χ4v) is 0.613. The molecule has 0 bridgehead atoms. The van der Waals surface area contributed by atoms with Gasteiger partial charge in [-0.2, -0.15) is 0 Å². The van der Waals surface area contributed by atoms with Crippen molar-refractivity contribution in [3.63, 3.8) is 0 Å². The van der Waals surface area contributed by atoms with Gasteiger partial charge in [0.2, 0.25) is 0 Å². The van der Waals surface area contributed by atoms with Crippen molar-refractivity contribution in [1.82, 2.24) is 0 Å². The van der Waals surface area contributed by atoms with Crippen LogP contribution < -0.4 is 0 Å². The zero-order chi connectivity index (χ0) is 9.56. The fourth-order valence-electron chi connectivity index (χ4n) is 0.613. The smallest absolute Gasteiger partial charge is 0.327 e. The molecule has 4 heteroatoms. The molecule has 12 heavy (non-hydrogen) atoms. The van der Waals surface area contributed by atoms with Crippen LogP contribution in [0.3, 0.4) is 0 Å². The van der Waals surface area contributed by atoms with Gasteiger partial charge in [0, 0.05) is 6.08 Å². The highest BCUT2D eigenvalue weighted by molar-refractivity contribution is 5.80. The van der Waals surface area contributed by atoms with Crippen LogP contribution >= 0.6 is 0 Å². The summed E-state index contributed by atoms with van der Waals surface area (Å²) in [6.45, 7) is 3.32. The first-order valence-electron chi connectivity index (χ1n) is 3.32. The average molecular weight is 170 g/mol. The Morgan fingerprint density at radius 1 is 1.42 bits per heavy atom. The van der Waals surface area contributed by atoms with Crippen LogP contribution in [0.15, 0.2) is 24.8 Å². The van der Waals surface area contributed by atoms with Gasteiger partial charge in [-0.25, -0.2) is 4.79 Å². The van der Waals surface area contributed by atoms with Gasteiger partial charge in [-0.1, -0.05) is 12.2 Å². The Kier molecular flexibility index (Phi) is 4.45. The largest absolute Gasteiger partial charge is 0.481 e. The van der Waals surface area contributed by atoms with E-state index in [0.29, 0.717) is 0 Å². The molecule has 1 atom stereocenters. The summed E-state index contributed by atoms with van der Waals surface area (Å²) in [5.74, 6) is -2.79. The van der Waals surface area contributed by atoms with Crippen LogP contribution in [0.4, 0.5) is 0 Å². The van der Waals surface area contributed by atoms with Crippen LogP contribution in [0.5, 0.6) is 0 Å². The number of carbonyl (C=O) groups is 2. The number of hydrogen-bond acceptors (Lipinski definition) is 2. The second kappa shape index (κ2) is 5.12. The van der Waals surface area contributed by atoms with Crippen LogP contribution in [0.1, 0.15) is 6.42 Å². The van der Waals surface area contributed by atoms with Crippen molar-refractivity contribution < 1.29 is 19.8 Å². The van der Waals surface area contributed by atoms with Gasteiger partial charge in [0.25, 0.3) is 0 Å². The first-order valence-corrected chi connectivity index (χ1v) is 3.32. The predicted molar refractivity (Wildman–Crippen MR) is 42.7 cm³/mol. The van der Waals surface area contributed by atoms with E-state index in [1.54, 1.807) is 0 Å². The maximum atomic E-state index is 10.4. The summed E-state index contributed by atoms with van der Waals surface area (Å²) >= 11 is 0. The summed E-state index contributed by atoms with van der Waals surface area (Å²) in [5, 5.41) is 16.7. The quantitative estimate of drug-likeness (QED) is 0.475. The van der Waals surface area contributed by atoms with E-state index in [-0.39, 0.29) is 6.42 Å². The molecule has 0 aromatic rings. The lowest BCUT2D eigenvalue weighted by atomic mass is 10.1. The molecule has 0 aliphatic heterocycles. The predicted octanol–water partition coefficient (Wildman–Crippen LogP) is 0.904. The second-order valence-corrected chi connectivity index (χ2v) is 2.16. The number of rotatable bonds is 5. The minimum absolute atomic E-state index is 0.158. The molecule has 0 amide bonds. The lowest BCUT2D eigenvalue weighted by Gasteiger charge is -2.00. The Balaban J connectivity index is 3.97. The molecule has 0 aliphatic carbocycles. The number of carboxylic acids is 2. The Bertz CT molecular complexity index is 217. The number of carboxylic acid groups (broad SMARTS) is 2. The summed E-state index contributed by atoms with van der Waals surface area (Å²) in [6, 6.07) is 0. The third-order valence-electron chi connectivity index (χ3n) is 1.25. The zero-order valence-corrected chi connectivity index (χ0v) is 6.43. The van der Waals surface area contributed by atoms with Gasteiger partial charge in [0.15, 0.2) is 0 Å². The number of aliphatic carboxylic acids is 2. The van der Waals surface area contributed by atoms with E-state index in [0.717, 1.165) is 6.08 Å². The molecule has 0 aromatic carbocycles. The van der Waals surface area contributed by atoms with Gasteiger partial charge in [0.05, 0.1) is 5.92 Å². The molecule has 66 valence electrons. The Labute approximate surface area is 69.8 Å². The van der Waals surface area contributed by atoms with Crippen molar-refractivity contribution in [2.75, 3.05) is 0 Å². The molecule has 0 spiro atoms. The zero-order valence-electron chi connectivity index (χ0n) is 6.43. The molecule has 0 aliphatic rings. The third kappa shape index (κ3) is 4.27. The summed E-state index contributed by atoms with van der Waals surface area (Å²) in [5.41, 5.74) is 0. The lowest BCUT2D eigenvalue weighted by molar-refractivity contribution is -0.140. The molecule has 0 radical (unpaired) electrons. The van der Waals surface area contributed by atoms with Gasteiger partial charge in [0.1, 0.15) is 0 Å². The molecule has 2 N–H and O–H groups in total. The highest BCUT2D eigenvalue weighted by Crippen LogP contribution is 2.04. The Morgan fingerprint density at radius 3 is 2.33 bits per heavy atom. The number of allylic oxidation sites excluding steroid dienone is 1. The van der Waals surface area contributed by atoms with Crippen molar-refractivity contribution in [1.29, 1.82) is 0 Å². The standard InChI is InChI=1S/C8H10O4/c1-2-6(8(11)12)4-3-5-7(9)10/h2-3,5-6H,1,4H2,(H,9,10)(H,11,12)/b5-3+. The summed E-state index contributed by atoms with van der Waals surface area (Å²) in [6.07, 6.45) is 3.64. The molecular weight excluding hydrogens is 160 g/mol. The monoisotopic (exact) mass is 170 g/mol. The summed E-state index contributed by atoms with van der Waals surface area (Å²) in [7, 11) is 0. The van der Waals surface area contributed by atoms with E-state index in [4.69, 9.17) is 10.2 Å².